The highest BCUT2D eigenvalue weighted by molar-refractivity contribution is 6.01. The van der Waals surface area contributed by atoms with Crippen molar-refractivity contribution in [1.82, 2.24) is 4.90 Å². The Morgan fingerprint density at radius 2 is 1.65 bits per heavy atom. The van der Waals surface area contributed by atoms with Crippen LogP contribution in [0.3, 0.4) is 0 Å². The van der Waals surface area contributed by atoms with Crippen molar-refractivity contribution in [3.8, 4) is 11.5 Å². The van der Waals surface area contributed by atoms with Gasteiger partial charge in [-0.25, -0.2) is 9.59 Å². The number of carbonyl (C=O) groups excluding carboxylic acids is 4. The maximum absolute atomic E-state index is 13.6. The smallest absolute Gasteiger partial charge is 0.337 e. The van der Waals surface area contributed by atoms with Gasteiger partial charge in [-0.1, -0.05) is 24.3 Å². The van der Waals surface area contributed by atoms with Crippen molar-refractivity contribution in [1.29, 1.82) is 0 Å². The third kappa shape index (κ3) is 7.62. The molecule has 1 atom stereocenters. The number of para-hydroxylation sites is 1. The zero-order valence-electron chi connectivity index (χ0n) is 24.6. The van der Waals surface area contributed by atoms with E-state index in [1.54, 1.807) is 48.5 Å². The van der Waals surface area contributed by atoms with Crippen LogP contribution in [0.5, 0.6) is 11.5 Å². The number of esters is 2. The van der Waals surface area contributed by atoms with Crippen LogP contribution in [0.1, 0.15) is 41.3 Å². The lowest BCUT2D eigenvalue weighted by atomic mass is 10.1. The van der Waals surface area contributed by atoms with Gasteiger partial charge in [0, 0.05) is 25.6 Å². The molecule has 0 aliphatic carbocycles. The van der Waals surface area contributed by atoms with Crippen LogP contribution in [0.2, 0.25) is 0 Å². The summed E-state index contributed by atoms with van der Waals surface area (Å²) in [4.78, 5) is 51.6. The van der Waals surface area contributed by atoms with Crippen molar-refractivity contribution in [2.75, 3.05) is 38.0 Å². The number of rotatable bonds is 10. The van der Waals surface area contributed by atoms with Crippen LogP contribution in [-0.2, 0) is 25.5 Å². The fourth-order valence-corrected chi connectivity index (χ4v) is 4.97. The van der Waals surface area contributed by atoms with Crippen LogP contribution >= 0.6 is 0 Å². The molecule has 11 nitrogen and oxygen atoms in total. The average molecular weight is 590 g/mol. The van der Waals surface area contributed by atoms with Gasteiger partial charge in [-0.05, 0) is 66.9 Å². The lowest BCUT2D eigenvalue weighted by Gasteiger charge is -2.37. The summed E-state index contributed by atoms with van der Waals surface area (Å²) in [7, 11) is 2.78. The molecule has 0 bridgehead atoms. The molecule has 1 aliphatic heterocycles. The normalized spacial score (nSPS) is 15.8. The SMILES string of the molecule is COC(=O)c1ccc(OC[C@@]2(OC(C)=O)CCCN2C(=O)Cc2ccc(NC(=O)Nc3ccccc3C)c(OC)c2)cc1. The van der Waals surface area contributed by atoms with E-state index in [9.17, 15) is 19.2 Å². The summed E-state index contributed by atoms with van der Waals surface area (Å²) in [5.74, 6) is -0.440. The minimum Gasteiger partial charge on any atom is -0.495 e. The van der Waals surface area contributed by atoms with E-state index < -0.39 is 23.7 Å². The molecule has 1 aliphatic rings. The fraction of sp³-hybridized carbons (Fsp3) is 0.312. The molecule has 0 aromatic heterocycles. The summed E-state index contributed by atoms with van der Waals surface area (Å²) in [6.45, 7) is 3.48. The van der Waals surface area contributed by atoms with Crippen LogP contribution in [-0.4, -0.2) is 61.9 Å². The first-order valence-electron chi connectivity index (χ1n) is 13.8. The summed E-state index contributed by atoms with van der Waals surface area (Å²) in [5.41, 5.74) is 1.77. The lowest BCUT2D eigenvalue weighted by molar-refractivity contribution is -0.187. The molecule has 11 heteroatoms. The zero-order chi connectivity index (χ0) is 31.0. The van der Waals surface area contributed by atoms with E-state index in [0.717, 1.165) is 5.56 Å². The third-order valence-electron chi connectivity index (χ3n) is 7.08. The first-order chi connectivity index (χ1) is 20.6. The molecule has 0 saturated carbocycles. The second-order valence-corrected chi connectivity index (χ2v) is 10.1. The topological polar surface area (TPSA) is 132 Å². The highest BCUT2D eigenvalue weighted by Crippen LogP contribution is 2.34. The van der Waals surface area contributed by atoms with Gasteiger partial charge in [0.05, 0.1) is 31.9 Å². The van der Waals surface area contributed by atoms with Gasteiger partial charge in [-0.2, -0.15) is 0 Å². The van der Waals surface area contributed by atoms with E-state index in [2.05, 4.69) is 10.6 Å². The number of nitrogens with one attached hydrogen (secondary N) is 2. The van der Waals surface area contributed by atoms with Crippen LogP contribution in [0.25, 0.3) is 0 Å². The van der Waals surface area contributed by atoms with E-state index in [1.165, 1.54) is 26.0 Å². The van der Waals surface area contributed by atoms with Gasteiger partial charge in [-0.15, -0.1) is 0 Å². The predicted molar refractivity (Wildman–Crippen MR) is 159 cm³/mol. The summed E-state index contributed by atoms with van der Waals surface area (Å²) >= 11 is 0. The molecule has 3 amide bonds. The van der Waals surface area contributed by atoms with Crippen LogP contribution in [0.15, 0.2) is 66.7 Å². The molecule has 3 aromatic carbocycles. The standard InChI is InChI=1S/C32H35N3O8/c1-21-8-5-6-9-26(21)33-31(39)34-27-15-10-23(18-28(27)40-3)19-29(37)35-17-7-16-32(35,43-22(2)36)20-42-25-13-11-24(12-14-25)30(38)41-4/h5-6,8-15,18H,7,16-17,19-20H2,1-4H3,(H2,33,34,39)/t32-/m0/s1. The van der Waals surface area contributed by atoms with Crippen molar-refractivity contribution >= 4 is 35.3 Å². The summed E-state index contributed by atoms with van der Waals surface area (Å²) in [6, 6.07) is 18.4. The minimum atomic E-state index is -1.29. The fourth-order valence-electron chi connectivity index (χ4n) is 4.97. The van der Waals surface area contributed by atoms with Crippen LogP contribution in [0, 0.1) is 6.92 Å². The Balaban J connectivity index is 1.45. The molecule has 0 radical (unpaired) electrons. The number of carbonyl (C=O) groups is 4. The van der Waals surface area contributed by atoms with E-state index in [0.29, 0.717) is 53.4 Å². The largest absolute Gasteiger partial charge is 0.495 e. The lowest BCUT2D eigenvalue weighted by Crippen LogP contribution is -2.54. The number of hydrogen-bond acceptors (Lipinski definition) is 8. The number of nitrogens with zero attached hydrogens (tertiary/aromatic N) is 1. The number of urea groups is 1. The van der Waals surface area contributed by atoms with Gasteiger partial charge in [0.2, 0.25) is 11.6 Å². The van der Waals surface area contributed by atoms with Gasteiger partial charge < -0.3 is 34.5 Å². The van der Waals surface area contributed by atoms with E-state index in [4.69, 9.17) is 18.9 Å². The predicted octanol–water partition coefficient (Wildman–Crippen LogP) is 4.94. The number of methoxy groups -OCH3 is 2. The molecule has 0 unspecified atom stereocenters. The molecular weight excluding hydrogens is 554 g/mol. The molecule has 1 fully saturated rings. The van der Waals surface area contributed by atoms with Gasteiger partial charge in [0.15, 0.2) is 0 Å². The highest BCUT2D eigenvalue weighted by atomic mass is 16.6. The van der Waals surface area contributed by atoms with E-state index >= 15 is 0 Å². The molecule has 43 heavy (non-hydrogen) atoms. The maximum atomic E-state index is 13.6. The van der Waals surface area contributed by atoms with Crippen LogP contribution in [0.4, 0.5) is 16.2 Å². The molecule has 0 spiro atoms. The molecule has 4 rings (SSSR count). The Hall–Kier alpha value is -5.06. The minimum absolute atomic E-state index is 0.00286. The highest BCUT2D eigenvalue weighted by Gasteiger charge is 2.47. The van der Waals surface area contributed by atoms with E-state index in [1.807, 2.05) is 25.1 Å². The Labute approximate surface area is 250 Å². The molecule has 226 valence electrons. The average Bonchev–Trinajstić information content (AvgIpc) is 3.40. The van der Waals surface area contributed by atoms with Gasteiger partial charge in [0.1, 0.15) is 18.1 Å². The maximum Gasteiger partial charge on any atom is 0.337 e. The number of likely N-dealkylation sites (tertiary alicyclic amines) is 1. The Morgan fingerprint density at radius 3 is 2.33 bits per heavy atom. The molecule has 1 heterocycles. The quantitative estimate of drug-likeness (QED) is 0.318. The molecule has 2 N–H and O–H groups in total. The second kappa shape index (κ2) is 13.7. The van der Waals surface area contributed by atoms with E-state index in [-0.39, 0.29) is 18.9 Å². The molecular formula is C32H35N3O8. The van der Waals surface area contributed by atoms with Crippen molar-refractivity contribution in [2.45, 2.75) is 38.8 Å². The number of ether oxygens (including phenoxy) is 4. The number of aryl methyl sites for hydroxylation is 1. The van der Waals surface area contributed by atoms with Crippen molar-refractivity contribution < 1.29 is 38.1 Å². The number of anilines is 2. The summed E-state index contributed by atoms with van der Waals surface area (Å²) in [6.07, 6.45) is 1.02. The number of hydrogen-bond donors (Lipinski definition) is 2. The van der Waals surface area contributed by atoms with Gasteiger partial charge in [0.25, 0.3) is 0 Å². The first kappa shape index (κ1) is 30.9. The second-order valence-electron chi connectivity index (χ2n) is 10.1. The van der Waals surface area contributed by atoms with Crippen molar-refractivity contribution in [3.63, 3.8) is 0 Å². The monoisotopic (exact) mass is 589 g/mol. The Bertz CT molecular complexity index is 1490. The molecule has 3 aromatic rings. The number of benzene rings is 3. The van der Waals surface area contributed by atoms with Crippen molar-refractivity contribution in [2.24, 2.45) is 0 Å². The van der Waals surface area contributed by atoms with Gasteiger partial charge in [-0.3, -0.25) is 9.59 Å². The summed E-state index contributed by atoms with van der Waals surface area (Å²) in [5, 5.41) is 5.59. The van der Waals surface area contributed by atoms with Crippen molar-refractivity contribution in [3.05, 3.63) is 83.4 Å². The Morgan fingerprint density at radius 1 is 0.930 bits per heavy atom. The third-order valence-corrected chi connectivity index (χ3v) is 7.08. The first-order valence-corrected chi connectivity index (χ1v) is 13.8. The number of amides is 3. The summed E-state index contributed by atoms with van der Waals surface area (Å²) < 4.78 is 21.9. The zero-order valence-corrected chi connectivity index (χ0v) is 24.6. The van der Waals surface area contributed by atoms with Gasteiger partial charge >= 0.3 is 18.0 Å². The molecule has 1 saturated heterocycles. The Kier molecular flexibility index (Phi) is 9.87. The van der Waals surface area contributed by atoms with Crippen LogP contribution < -0.4 is 20.1 Å².